The maximum Gasteiger partial charge on any atom is 0.150 e. The summed E-state index contributed by atoms with van der Waals surface area (Å²) in [6, 6.07) is 5.52. The zero-order valence-electron chi connectivity index (χ0n) is 13.6. The summed E-state index contributed by atoms with van der Waals surface area (Å²) in [5.41, 5.74) is 0.0201. The van der Waals surface area contributed by atoms with E-state index in [0.29, 0.717) is 58.4 Å². The van der Waals surface area contributed by atoms with E-state index in [9.17, 15) is 5.26 Å². The lowest BCUT2D eigenvalue weighted by Gasteiger charge is -2.40. The summed E-state index contributed by atoms with van der Waals surface area (Å²) < 4.78 is 10.8. The molecule has 25 heavy (non-hydrogen) atoms. The molecule has 0 unspecified atom stereocenters. The van der Waals surface area contributed by atoms with Crippen molar-refractivity contribution in [3.05, 3.63) is 23.2 Å². The van der Waals surface area contributed by atoms with Crippen molar-refractivity contribution in [1.82, 2.24) is 9.80 Å². The van der Waals surface area contributed by atoms with Crippen molar-refractivity contribution in [3.8, 4) is 18.2 Å². The van der Waals surface area contributed by atoms with Crippen LogP contribution < -0.4 is 0 Å². The fourth-order valence-corrected chi connectivity index (χ4v) is 2.70. The summed E-state index contributed by atoms with van der Waals surface area (Å²) in [4.78, 5) is 8.02. The molecule has 0 aromatic heterocycles. The third-order valence-corrected chi connectivity index (χ3v) is 4.00. The van der Waals surface area contributed by atoms with Gasteiger partial charge < -0.3 is 19.3 Å². The summed E-state index contributed by atoms with van der Waals surface area (Å²) in [6.45, 7) is 4.81. The molecular formula is C16H17ClN6O2. The van der Waals surface area contributed by atoms with E-state index in [1.807, 2.05) is 9.80 Å². The van der Waals surface area contributed by atoms with Crippen molar-refractivity contribution in [2.75, 3.05) is 52.6 Å². The van der Waals surface area contributed by atoms with Gasteiger partial charge in [-0.3, -0.25) is 0 Å². The Morgan fingerprint density at radius 1 is 0.880 bits per heavy atom. The van der Waals surface area contributed by atoms with Crippen molar-refractivity contribution in [2.24, 2.45) is 4.99 Å². The molecule has 0 atom stereocenters. The fourth-order valence-electron chi connectivity index (χ4n) is 2.52. The van der Waals surface area contributed by atoms with Gasteiger partial charge in [-0.25, -0.2) is 4.99 Å². The minimum absolute atomic E-state index is 0.0570. The van der Waals surface area contributed by atoms with Gasteiger partial charge in [0.25, 0.3) is 0 Å². The van der Waals surface area contributed by atoms with E-state index in [2.05, 4.69) is 11.1 Å². The summed E-state index contributed by atoms with van der Waals surface area (Å²) in [5, 5.41) is 27.2. The maximum atomic E-state index is 9.67. The Morgan fingerprint density at radius 2 is 1.36 bits per heavy atom. The number of allylic oxidation sites excluding steroid dienone is 2. The molecule has 0 saturated carbocycles. The smallest absolute Gasteiger partial charge is 0.150 e. The molecule has 2 rings (SSSR count). The Balaban J connectivity index is 2.43. The lowest BCUT2D eigenvalue weighted by molar-refractivity contribution is 0.00830. The molecule has 2 aliphatic rings. The Hall–Kier alpha value is -2.57. The molecule has 8 nitrogen and oxygen atoms in total. The zero-order valence-corrected chi connectivity index (χ0v) is 14.4. The molecule has 2 heterocycles. The quantitative estimate of drug-likeness (QED) is 0.542. The number of nitrogens with zero attached hydrogens (tertiary/aromatic N) is 6. The van der Waals surface area contributed by atoms with Gasteiger partial charge in [-0.15, -0.1) is 0 Å². The number of rotatable bonds is 4. The van der Waals surface area contributed by atoms with E-state index in [0.717, 1.165) is 6.20 Å². The lowest BCUT2D eigenvalue weighted by Crippen LogP contribution is -2.46. The summed E-state index contributed by atoms with van der Waals surface area (Å²) in [6.07, 6.45) is 1.07. The highest BCUT2D eigenvalue weighted by atomic mass is 35.5. The number of halogens is 1. The van der Waals surface area contributed by atoms with Gasteiger partial charge in [-0.1, -0.05) is 11.6 Å². The second-order valence-electron chi connectivity index (χ2n) is 5.20. The minimum atomic E-state index is -0.185. The Morgan fingerprint density at radius 3 is 1.76 bits per heavy atom. The van der Waals surface area contributed by atoms with E-state index in [1.165, 1.54) is 0 Å². The number of hydrogen-bond acceptors (Lipinski definition) is 8. The van der Waals surface area contributed by atoms with Crippen LogP contribution >= 0.6 is 11.6 Å². The maximum absolute atomic E-state index is 9.67. The number of nitriles is 3. The first-order valence-electron chi connectivity index (χ1n) is 7.75. The summed E-state index contributed by atoms with van der Waals surface area (Å²) >= 11 is 6.23. The first-order valence-corrected chi connectivity index (χ1v) is 8.13. The SMILES string of the molecule is N#CC(C#N)=CN=C(Cl)C(C#N)=C(N1CCOCC1)N1CCOCC1. The van der Waals surface area contributed by atoms with Crippen LogP contribution in [0, 0.1) is 34.0 Å². The number of morpholine rings is 2. The average molecular weight is 361 g/mol. The predicted molar refractivity (Wildman–Crippen MR) is 90.0 cm³/mol. The van der Waals surface area contributed by atoms with Crippen LogP contribution in [0.5, 0.6) is 0 Å². The van der Waals surface area contributed by atoms with E-state index in [-0.39, 0.29) is 16.3 Å². The molecule has 0 bridgehead atoms. The van der Waals surface area contributed by atoms with Crippen LogP contribution in [0.25, 0.3) is 0 Å². The van der Waals surface area contributed by atoms with Crippen LogP contribution in [0.3, 0.4) is 0 Å². The van der Waals surface area contributed by atoms with Crippen molar-refractivity contribution in [2.45, 2.75) is 0 Å². The van der Waals surface area contributed by atoms with Gasteiger partial charge in [0, 0.05) is 26.2 Å². The van der Waals surface area contributed by atoms with Gasteiger partial charge in [0.2, 0.25) is 0 Å². The van der Waals surface area contributed by atoms with Crippen molar-refractivity contribution in [3.63, 3.8) is 0 Å². The normalized spacial score (nSPS) is 17.8. The first kappa shape index (κ1) is 18.8. The topological polar surface area (TPSA) is 109 Å². The molecule has 0 amide bonds. The standard InChI is InChI=1S/C16H17ClN6O2/c17-15(21-12-13(9-18)10-19)14(11-20)16(22-1-5-24-6-2-22)23-3-7-25-8-4-23/h12H,1-8H2. The molecule has 0 aromatic rings. The molecule has 0 spiro atoms. The van der Waals surface area contributed by atoms with Crippen LogP contribution in [0.2, 0.25) is 0 Å². The number of ether oxygens (including phenoxy) is 2. The molecule has 0 aromatic carbocycles. The van der Waals surface area contributed by atoms with Crippen molar-refractivity contribution >= 4 is 16.8 Å². The fraction of sp³-hybridized carbons (Fsp3) is 0.500. The Kier molecular flexibility index (Phi) is 7.25. The minimum Gasteiger partial charge on any atom is -0.378 e. The molecule has 2 fully saturated rings. The molecule has 2 aliphatic heterocycles. The van der Waals surface area contributed by atoms with E-state index < -0.39 is 0 Å². The van der Waals surface area contributed by atoms with Gasteiger partial charge in [0.05, 0.1) is 32.6 Å². The largest absolute Gasteiger partial charge is 0.378 e. The number of aliphatic imine (C=N–C) groups is 1. The highest BCUT2D eigenvalue weighted by Crippen LogP contribution is 2.21. The summed E-state index contributed by atoms with van der Waals surface area (Å²) in [7, 11) is 0. The second kappa shape index (κ2) is 9.66. The van der Waals surface area contributed by atoms with Crippen LogP contribution in [0.15, 0.2) is 28.2 Å². The lowest BCUT2D eigenvalue weighted by atomic mass is 10.2. The van der Waals surface area contributed by atoms with Crippen molar-refractivity contribution < 1.29 is 9.47 Å². The monoisotopic (exact) mass is 360 g/mol. The number of hydrogen-bond donors (Lipinski definition) is 0. The van der Waals surface area contributed by atoms with Gasteiger partial charge in [0.15, 0.2) is 5.17 Å². The van der Waals surface area contributed by atoms with Gasteiger partial charge in [0.1, 0.15) is 35.2 Å². The van der Waals surface area contributed by atoms with Crippen LogP contribution in [0.4, 0.5) is 0 Å². The highest BCUT2D eigenvalue weighted by molar-refractivity contribution is 6.70. The third kappa shape index (κ3) is 4.95. The van der Waals surface area contributed by atoms with Gasteiger partial charge >= 0.3 is 0 Å². The molecule has 2 saturated heterocycles. The Bertz CT molecular complexity index is 662. The molecular weight excluding hydrogens is 344 g/mol. The van der Waals surface area contributed by atoms with Crippen LogP contribution in [0.1, 0.15) is 0 Å². The molecule has 0 radical (unpaired) electrons. The average Bonchev–Trinajstić information content (AvgIpc) is 2.68. The summed E-state index contributed by atoms with van der Waals surface area (Å²) in [5.74, 6) is 0.687. The zero-order chi connectivity index (χ0) is 18.1. The van der Waals surface area contributed by atoms with Crippen molar-refractivity contribution in [1.29, 1.82) is 15.8 Å². The van der Waals surface area contributed by atoms with E-state index >= 15 is 0 Å². The predicted octanol–water partition coefficient (Wildman–Crippen LogP) is 0.954. The van der Waals surface area contributed by atoms with Crippen LogP contribution in [-0.4, -0.2) is 67.6 Å². The molecule has 0 N–H and O–H groups in total. The first-order chi connectivity index (χ1) is 12.2. The molecule has 0 aliphatic carbocycles. The highest BCUT2D eigenvalue weighted by Gasteiger charge is 2.26. The van der Waals surface area contributed by atoms with Gasteiger partial charge in [-0.2, -0.15) is 15.8 Å². The van der Waals surface area contributed by atoms with Crippen LogP contribution in [-0.2, 0) is 9.47 Å². The van der Waals surface area contributed by atoms with Gasteiger partial charge in [-0.05, 0) is 0 Å². The Labute approximate surface area is 151 Å². The molecule has 130 valence electrons. The molecule has 9 heteroatoms. The van der Waals surface area contributed by atoms with E-state index in [1.54, 1.807) is 12.1 Å². The van der Waals surface area contributed by atoms with E-state index in [4.69, 9.17) is 31.6 Å². The second-order valence-corrected chi connectivity index (χ2v) is 5.55. The third-order valence-electron chi connectivity index (χ3n) is 3.71.